The van der Waals surface area contributed by atoms with E-state index in [-0.39, 0.29) is 17.5 Å². The number of nitrogens with zero attached hydrogens (tertiary/aromatic N) is 1. The summed E-state index contributed by atoms with van der Waals surface area (Å²) < 4.78 is 34.5. The van der Waals surface area contributed by atoms with E-state index >= 15 is 0 Å². The Morgan fingerprint density at radius 1 is 1.00 bits per heavy atom. The monoisotopic (exact) mass is 444 g/mol. The van der Waals surface area contributed by atoms with Crippen LogP contribution in [0.25, 0.3) is 11.0 Å². The van der Waals surface area contributed by atoms with Gasteiger partial charge in [0.05, 0.1) is 11.4 Å². The SMILES string of the molecule is Cc1cc(C(C)C)c(NC(=O)NS(=O)(=O)Nc2ccc3c(C)noc3c2)c(C(C)C)c1. The molecule has 9 heteroatoms. The summed E-state index contributed by atoms with van der Waals surface area (Å²) >= 11 is 0. The Labute approximate surface area is 182 Å². The molecule has 0 fully saturated rings. The lowest BCUT2D eigenvalue weighted by Gasteiger charge is -2.21. The molecule has 0 aliphatic rings. The van der Waals surface area contributed by atoms with Crippen molar-refractivity contribution in [2.75, 3.05) is 10.0 Å². The van der Waals surface area contributed by atoms with Gasteiger partial charge in [0.2, 0.25) is 0 Å². The molecule has 0 saturated carbocycles. The average molecular weight is 445 g/mol. The summed E-state index contributed by atoms with van der Waals surface area (Å²) in [5, 5.41) is 7.38. The highest BCUT2D eigenvalue weighted by Crippen LogP contribution is 2.33. The third kappa shape index (κ3) is 5.16. The highest BCUT2D eigenvalue weighted by molar-refractivity contribution is 7.91. The molecule has 2 amide bonds. The zero-order valence-electron chi connectivity index (χ0n) is 18.5. The van der Waals surface area contributed by atoms with E-state index in [9.17, 15) is 13.2 Å². The van der Waals surface area contributed by atoms with Gasteiger partial charge in [-0.05, 0) is 48.9 Å². The minimum Gasteiger partial charge on any atom is -0.356 e. The van der Waals surface area contributed by atoms with Gasteiger partial charge in [-0.1, -0.05) is 50.5 Å². The van der Waals surface area contributed by atoms with Crippen LogP contribution in [0, 0.1) is 13.8 Å². The molecule has 0 aliphatic heterocycles. The summed E-state index contributed by atoms with van der Waals surface area (Å²) in [4.78, 5) is 12.6. The number of anilines is 2. The largest absolute Gasteiger partial charge is 0.356 e. The molecule has 0 bridgehead atoms. The highest BCUT2D eigenvalue weighted by Gasteiger charge is 2.20. The van der Waals surface area contributed by atoms with Crippen LogP contribution in [0.2, 0.25) is 0 Å². The standard InChI is InChI=1S/C22H28N4O4S/c1-12(2)18-9-14(5)10-19(13(3)4)21(18)23-22(27)26-31(28,29)25-16-7-8-17-15(6)24-30-20(17)11-16/h7-13,25H,1-6H3,(H2,23,26,27). The number of amides is 2. The maximum absolute atomic E-state index is 12.6. The van der Waals surface area contributed by atoms with E-state index in [4.69, 9.17) is 4.52 Å². The van der Waals surface area contributed by atoms with Gasteiger partial charge in [-0.25, -0.2) is 9.52 Å². The van der Waals surface area contributed by atoms with Crippen molar-refractivity contribution < 1.29 is 17.7 Å². The number of rotatable bonds is 6. The van der Waals surface area contributed by atoms with Crippen LogP contribution in [0.5, 0.6) is 0 Å². The van der Waals surface area contributed by atoms with Gasteiger partial charge in [-0.2, -0.15) is 8.42 Å². The quantitative estimate of drug-likeness (QED) is 0.485. The molecule has 2 aromatic carbocycles. The van der Waals surface area contributed by atoms with Crippen molar-refractivity contribution in [1.29, 1.82) is 0 Å². The summed E-state index contributed by atoms with van der Waals surface area (Å²) in [5.74, 6) is 0.305. The van der Waals surface area contributed by atoms with Crippen molar-refractivity contribution in [1.82, 2.24) is 9.88 Å². The topological polar surface area (TPSA) is 113 Å². The van der Waals surface area contributed by atoms with E-state index in [1.807, 2.05) is 51.5 Å². The number of benzene rings is 2. The Balaban J connectivity index is 1.80. The van der Waals surface area contributed by atoms with Gasteiger partial charge in [0, 0.05) is 17.1 Å². The van der Waals surface area contributed by atoms with E-state index in [1.54, 1.807) is 19.1 Å². The second-order valence-corrected chi connectivity index (χ2v) is 9.68. The van der Waals surface area contributed by atoms with Gasteiger partial charge in [0.25, 0.3) is 0 Å². The molecular weight excluding hydrogens is 416 g/mol. The second kappa shape index (κ2) is 8.58. The molecular formula is C22H28N4O4S. The van der Waals surface area contributed by atoms with Crippen LogP contribution in [-0.2, 0) is 10.2 Å². The lowest BCUT2D eigenvalue weighted by molar-refractivity contribution is 0.256. The van der Waals surface area contributed by atoms with Crippen LogP contribution in [-0.4, -0.2) is 19.6 Å². The van der Waals surface area contributed by atoms with E-state index in [0.29, 0.717) is 17.0 Å². The first-order valence-electron chi connectivity index (χ1n) is 10.1. The molecule has 3 aromatic rings. The fraction of sp³-hybridized carbons (Fsp3) is 0.364. The number of hydrogen-bond donors (Lipinski definition) is 3. The van der Waals surface area contributed by atoms with E-state index in [1.165, 1.54) is 6.07 Å². The number of nitrogens with one attached hydrogen (secondary N) is 3. The Hall–Kier alpha value is -3.07. The molecule has 3 rings (SSSR count). The number of carbonyl (C=O) groups excluding carboxylic acids is 1. The van der Waals surface area contributed by atoms with Crippen LogP contribution in [0.15, 0.2) is 34.9 Å². The number of fused-ring (bicyclic) bond motifs is 1. The van der Waals surface area contributed by atoms with Crippen molar-refractivity contribution >= 4 is 38.6 Å². The van der Waals surface area contributed by atoms with Gasteiger partial charge in [0.15, 0.2) is 5.58 Å². The fourth-order valence-electron chi connectivity index (χ4n) is 3.47. The molecule has 1 aromatic heterocycles. The zero-order valence-corrected chi connectivity index (χ0v) is 19.3. The molecule has 166 valence electrons. The van der Waals surface area contributed by atoms with Crippen LogP contribution in [0.1, 0.15) is 61.9 Å². The normalized spacial score (nSPS) is 11.9. The lowest BCUT2D eigenvalue weighted by Crippen LogP contribution is -2.38. The van der Waals surface area contributed by atoms with Crippen LogP contribution in [0.3, 0.4) is 0 Å². The first kappa shape index (κ1) is 22.6. The first-order valence-corrected chi connectivity index (χ1v) is 11.6. The van der Waals surface area contributed by atoms with Crippen molar-refractivity contribution in [3.63, 3.8) is 0 Å². The van der Waals surface area contributed by atoms with Crippen molar-refractivity contribution in [2.45, 2.75) is 53.4 Å². The molecule has 8 nitrogen and oxygen atoms in total. The molecule has 0 atom stereocenters. The van der Waals surface area contributed by atoms with Gasteiger partial charge >= 0.3 is 16.2 Å². The van der Waals surface area contributed by atoms with Crippen LogP contribution < -0.4 is 14.8 Å². The number of aryl methyl sites for hydroxylation is 2. The number of urea groups is 1. The fourth-order valence-corrected chi connectivity index (χ4v) is 4.25. The summed E-state index contributed by atoms with van der Waals surface area (Å²) in [6.07, 6.45) is 0. The van der Waals surface area contributed by atoms with E-state index < -0.39 is 16.2 Å². The highest BCUT2D eigenvalue weighted by atomic mass is 32.2. The maximum atomic E-state index is 12.6. The molecule has 0 radical (unpaired) electrons. The minimum absolute atomic E-state index is 0.152. The van der Waals surface area contributed by atoms with Crippen molar-refractivity contribution in [3.05, 3.63) is 52.7 Å². The zero-order chi connectivity index (χ0) is 22.9. The first-order chi connectivity index (χ1) is 14.5. The molecule has 1 heterocycles. The van der Waals surface area contributed by atoms with Gasteiger partial charge in [-0.3, -0.25) is 4.72 Å². The summed E-state index contributed by atoms with van der Waals surface area (Å²) in [6, 6.07) is 7.98. The summed E-state index contributed by atoms with van der Waals surface area (Å²) in [7, 11) is -4.16. The minimum atomic E-state index is -4.16. The molecule has 0 aliphatic carbocycles. The maximum Gasteiger partial charge on any atom is 0.334 e. The third-order valence-electron chi connectivity index (χ3n) is 4.96. The van der Waals surface area contributed by atoms with Crippen molar-refractivity contribution in [3.8, 4) is 0 Å². The lowest BCUT2D eigenvalue weighted by atomic mass is 9.90. The van der Waals surface area contributed by atoms with Crippen LogP contribution >= 0.6 is 0 Å². The Morgan fingerprint density at radius 3 is 2.19 bits per heavy atom. The Morgan fingerprint density at radius 2 is 1.61 bits per heavy atom. The molecule has 31 heavy (non-hydrogen) atoms. The molecule has 0 spiro atoms. The summed E-state index contributed by atoms with van der Waals surface area (Å²) in [5.41, 5.74) is 5.05. The number of carbonyl (C=O) groups is 1. The predicted molar refractivity (Wildman–Crippen MR) is 123 cm³/mol. The smallest absolute Gasteiger partial charge is 0.334 e. The van der Waals surface area contributed by atoms with Gasteiger partial charge in [0.1, 0.15) is 0 Å². The van der Waals surface area contributed by atoms with Gasteiger partial charge in [-0.15, -0.1) is 0 Å². The molecule has 0 saturated heterocycles. The molecule has 0 unspecified atom stereocenters. The Kier molecular flexibility index (Phi) is 6.26. The number of aromatic nitrogens is 1. The predicted octanol–water partition coefficient (Wildman–Crippen LogP) is 5.17. The second-order valence-electron chi connectivity index (χ2n) is 8.27. The van der Waals surface area contributed by atoms with E-state index in [0.717, 1.165) is 22.1 Å². The third-order valence-corrected chi connectivity index (χ3v) is 5.92. The van der Waals surface area contributed by atoms with Crippen LogP contribution in [0.4, 0.5) is 16.2 Å². The molecule has 3 N–H and O–H groups in total. The van der Waals surface area contributed by atoms with E-state index in [2.05, 4.69) is 15.2 Å². The summed E-state index contributed by atoms with van der Waals surface area (Å²) in [6.45, 7) is 11.9. The Bertz CT molecular complexity index is 1200. The average Bonchev–Trinajstić information content (AvgIpc) is 3.01. The number of hydrogen-bond acceptors (Lipinski definition) is 5. The van der Waals surface area contributed by atoms with Gasteiger partial charge < -0.3 is 9.84 Å². The van der Waals surface area contributed by atoms with Crippen molar-refractivity contribution in [2.24, 2.45) is 0 Å².